The van der Waals surface area contributed by atoms with Gasteiger partial charge in [-0.05, 0) is 51.3 Å². The lowest BCUT2D eigenvalue weighted by atomic mass is 10.1. The summed E-state index contributed by atoms with van der Waals surface area (Å²) in [7, 11) is 0. The summed E-state index contributed by atoms with van der Waals surface area (Å²) < 4.78 is 28.5. The molecule has 1 aliphatic rings. The number of aliphatic hydroxyl groups is 1. The molecular weight excluding hydrogens is 274 g/mol. The van der Waals surface area contributed by atoms with Crippen molar-refractivity contribution < 1.29 is 13.9 Å². The highest BCUT2D eigenvalue weighted by atomic mass is 19.1. The molecule has 0 amide bonds. The fourth-order valence-corrected chi connectivity index (χ4v) is 2.55. The minimum atomic E-state index is -0.560. The first-order valence-corrected chi connectivity index (χ1v) is 7.42. The van der Waals surface area contributed by atoms with Crippen LogP contribution in [-0.4, -0.2) is 29.8 Å². The van der Waals surface area contributed by atoms with Crippen molar-refractivity contribution in [1.29, 1.82) is 0 Å². The molecule has 1 unspecified atom stereocenters. The maximum Gasteiger partial charge on any atom is 0.149 e. The van der Waals surface area contributed by atoms with Gasteiger partial charge in [0.2, 0.25) is 0 Å². The molecule has 0 bridgehead atoms. The van der Waals surface area contributed by atoms with Crippen LogP contribution in [0.1, 0.15) is 39.2 Å². The van der Waals surface area contributed by atoms with Gasteiger partial charge in [0.05, 0.1) is 6.10 Å². The largest absolute Gasteiger partial charge is 0.391 e. The number of halogens is 2. The van der Waals surface area contributed by atoms with E-state index >= 15 is 0 Å². The number of anilines is 1. The van der Waals surface area contributed by atoms with Gasteiger partial charge in [0.1, 0.15) is 17.3 Å². The quantitative estimate of drug-likeness (QED) is 0.901. The molecule has 0 spiro atoms. The molecule has 0 aliphatic carbocycles. The number of nitrogens with zero attached hydrogens (tertiary/aromatic N) is 1. The average Bonchev–Trinajstić information content (AvgIpc) is 2.35. The van der Waals surface area contributed by atoms with Gasteiger partial charge in [-0.1, -0.05) is 0 Å². The second-order valence-corrected chi connectivity index (χ2v) is 6.75. The van der Waals surface area contributed by atoms with E-state index in [4.69, 9.17) is 0 Å². The first-order valence-electron chi connectivity index (χ1n) is 7.42. The van der Waals surface area contributed by atoms with Crippen molar-refractivity contribution >= 4 is 5.69 Å². The molecule has 0 radical (unpaired) electrons. The molecule has 21 heavy (non-hydrogen) atoms. The Morgan fingerprint density at radius 1 is 1.29 bits per heavy atom. The Labute approximate surface area is 125 Å². The molecule has 1 aromatic carbocycles. The molecule has 1 aliphatic heterocycles. The third-order valence-electron chi connectivity index (χ3n) is 3.61. The van der Waals surface area contributed by atoms with Crippen LogP contribution in [0.25, 0.3) is 0 Å². The lowest BCUT2D eigenvalue weighted by Gasteiger charge is -2.32. The van der Waals surface area contributed by atoms with Gasteiger partial charge in [0.25, 0.3) is 0 Å². The van der Waals surface area contributed by atoms with Crippen molar-refractivity contribution in [3.8, 4) is 0 Å². The fraction of sp³-hybridized carbons (Fsp3) is 0.625. The van der Waals surface area contributed by atoms with E-state index in [-0.39, 0.29) is 17.8 Å². The van der Waals surface area contributed by atoms with Gasteiger partial charge in [-0.2, -0.15) is 0 Å². The Kier molecular flexibility index (Phi) is 4.84. The maximum absolute atomic E-state index is 14.3. The van der Waals surface area contributed by atoms with Crippen LogP contribution in [0, 0.1) is 11.6 Å². The molecule has 0 saturated carbocycles. The predicted octanol–water partition coefficient (Wildman–Crippen LogP) is 2.81. The molecule has 0 aromatic heterocycles. The van der Waals surface area contributed by atoms with Crippen molar-refractivity contribution in [2.45, 2.75) is 51.8 Å². The van der Waals surface area contributed by atoms with Crippen molar-refractivity contribution in [2.24, 2.45) is 0 Å². The number of benzene rings is 1. The maximum atomic E-state index is 14.3. The Hall–Kier alpha value is -1.20. The van der Waals surface area contributed by atoms with Gasteiger partial charge in [0.15, 0.2) is 0 Å². The monoisotopic (exact) mass is 298 g/mol. The van der Waals surface area contributed by atoms with Crippen molar-refractivity contribution in [3.05, 3.63) is 29.3 Å². The zero-order valence-corrected chi connectivity index (χ0v) is 12.9. The normalized spacial score (nSPS) is 19.9. The topological polar surface area (TPSA) is 35.5 Å². The van der Waals surface area contributed by atoms with Crippen molar-refractivity contribution in [1.82, 2.24) is 5.32 Å². The van der Waals surface area contributed by atoms with E-state index in [2.05, 4.69) is 5.32 Å². The molecular formula is C16H24F2N2O. The molecule has 1 heterocycles. The number of piperidine rings is 1. The molecule has 1 saturated heterocycles. The van der Waals surface area contributed by atoms with Gasteiger partial charge < -0.3 is 15.3 Å². The Bertz CT molecular complexity index is 477. The second-order valence-electron chi connectivity index (χ2n) is 6.75. The van der Waals surface area contributed by atoms with E-state index in [1.54, 1.807) is 4.90 Å². The van der Waals surface area contributed by atoms with Crippen molar-refractivity contribution in [2.75, 3.05) is 18.0 Å². The molecule has 1 atom stereocenters. The Balaban J connectivity index is 2.17. The van der Waals surface area contributed by atoms with Crippen LogP contribution in [-0.2, 0) is 6.54 Å². The van der Waals surface area contributed by atoms with Crippen molar-refractivity contribution in [3.63, 3.8) is 0 Å². The highest BCUT2D eigenvalue weighted by Gasteiger charge is 2.24. The van der Waals surface area contributed by atoms with Crippen LogP contribution in [0.5, 0.6) is 0 Å². The lowest BCUT2D eigenvalue weighted by Crippen LogP contribution is -2.39. The van der Waals surface area contributed by atoms with Gasteiger partial charge in [-0.15, -0.1) is 0 Å². The highest BCUT2D eigenvalue weighted by Crippen LogP contribution is 2.28. The average molecular weight is 298 g/mol. The SMILES string of the molecule is CC(C)(C)NCc1cc(F)c(N2CCCC(O)C2)c(F)c1. The zero-order chi connectivity index (χ0) is 15.6. The fourth-order valence-electron chi connectivity index (χ4n) is 2.55. The summed E-state index contributed by atoms with van der Waals surface area (Å²) in [6, 6.07) is 2.75. The van der Waals surface area contributed by atoms with Crippen LogP contribution in [0.4, 0.5) is 14.5 Å². The summed E-state index contributed by atoms with van der Waals surface area (Å²) >= 11 is 0. The first-order chi connectivity index (χ1) is 9.76. The molecule has 2 rings (SSSR count). The first kappa shape index (κ1) is 16.2. The summed E-state index contributed by atoms with van der Waals surface area (Å²) in [5.41, 5.74) is 0.456. The molecule has 118 valence electrons. The van der Waals surface area contributed by atoms with Crippen LogP contribution >= 0.6 is 0 Å². The summed E-state index contributed by atoms with van der Waals surface area (Å²) in [5.74, 6) is -1.12. The lowest BCUT2D eigenvalue weighted by molar-refractivity contribution is 0.153. The number of aliphatic hydroxyl groups excluding tert-OH is 1. The molecule has 1 aromatic rings. The number of rotatable bonds is 3. The molecule has 1 fully saturated rings. The van der Waals surface area contributed by atoms with E-state index in [0.717, 1.165) is 6.42 Å². The van der Waals surface area contributed by atoms with E-state index in [1.807, 2.05) is 20.8 Å². The number of hydrogen-bond donors (Lipinski definition) is 2. The number of β-amino-alcohol motifs (C(OH)–C–C–N with tert-alkyl or cyclic N) is 1. The Morgan fingerprint density at radius 3 is 2.43 bits per heavy atom. The van der Waals surface area contributed by atoms with E-state index in [9.17, 15) is 13.9 Å². The summed E-state index contributed by atoms with van der Waals surface area (Å²) in [4.78, 5) is 1.60. The van der Waals surface area contributed by atoms with E-state index < -0.39 is 17.7 Å². The third kappa shape index (κ3) is 4.38. The second kappa shape index (κ2) is 6.28. The minimum Gasteiger partial charge on any atom is -0.391 e. The van der Waals surface area contributed by atoms with Crippen LogP contribution in [0.15, 0.2) is 12.1 Å². The van der Waals surface area contributed by atoms with Gasteiger partial charge >= 0.3 is 0 Å². The summed E-state index contributed by atoms with van der Waals surface area (Å²) in [6.07, 6.45) is 0.917. The summed E-state index contributed by atoms with van der Waals surface area (Å²) in [5, 5.41) is 12.9. The van der Waals surface area contributed by atoms with E-state index in [1.165, 1.54) is 12.1 Å². The number of hydrogen-bond acceptors (Lipinski definition) is 3. The van der Waals surface area contributed by atoms with Crippen LogP contribution in [0.2, 0.25) is 0 Å². The predicted molar refractivity (Wildman–Crippen MR) is 80.4 cm³/mol. The molecule has 3 nitrogen and oxygen atoms in total. The Morgan fingerprint density at radius 2 is 1.90 bits per heavy atom. The van der Waals surface area contributed by atoms with Gasteiger partial charge in [-0.25, -0.2) is 8.78 Å². The van der Waals surface area contributed by atoms with Crippen LogP contribution in [0.3, 0.4) is 0 Å². The van der Waals surface area contributed by atoms with E-state index in [0.29, 0.717) is 25.1 Å². The zero-order valence-electron chi connectivity index (χ0n) is 12.9. The summed E-state index contributed by atoms with van der Waals surface area (Å²) in [6.45, 7) is 7.29. The molecule has 2 N–H and O–H groups in total. The van der Waals surface area contributed by atoms with Gasteiger partial charge in [0, 0.05) is 25.2 Å². The third-order valence-corrected chi connectivity index (χ3v) is 3.61. The number of nitrogens with one attached hydrogen (secondary N) is 1. The molecule has 5 heteroatoms. The van der Waals surface area contributed by atoms with Crippen LogP contribution < -0.4 is 10.2 Å². The minimum absolute atomic E-state index is 0.0201. The highest BCUT2D eigenvalue weighted by molar-refractivity contribution is 5.51. The standard InChI is InChI=1S/C16H24F2N2O/c1-16(2,3)19-9-11-7-13(17)15(14(18)8-11)20-6-4-5-12(21)10-20/h7-8,12,19,21H,4-6,9-10H2,1-3H3. The smallest absolute Gasteiger partial charge is 0.149 e. The van der Waals surface area contributed by atoms with Gasteiger partial charge in [-0.3, -0.25) is 0 Å².